The normalized spacial score (nSPS) is 11.3. The molecule has 6 heterocycles. The van der Waals surface area contributed by atoms with Crippen molar-refractivity contribution in [3.8, 4) is 33.2 Å². The van der Waals surface area contributed by atoms with Gasteiger partial charge in [-0.15, -0.1) is 11.3 Å². The summed E-state index contributed by atoms with van der Waals surface area (Å²) in [7, 11) is 0. The SMILES string of the molecule is CC(=O)c1ccc(-c2nccc3[nH]c(-c4[nH]nc5ncc(-c6cncc(NC(=O)Cc7ccccc7)c6)cc45)nc23)s1. The molecular weight excluding hydrogens is 548 g/mol. The van der Waals surface area contributed by atoms with Gasteiger partial charge in [0.05, 0.1) is 39.0 Å². The summed E-state index contributed by atoms with van der Waals surface area (Å²) in [6, 6.07) is 19.0. The average Bonchev–Trinajstić information content (AvgIpc) is 3.75. The summed E-state index contributed by atoms with van der Waals surface area (Å²) in [6.45, 7) is 1.55. The number of amides is 1. The molecule has 1 amide bonds. The van der Waals surface area contributed by atoms with Crippen molar-refractivity contribution in [2.45, 2.75) is 13.3 Å². The van der Waals surface area contributed by atoms with E-state index in [2.05, 4.69) is 35.5 Å². The molecule has 6 aromatic heterocycles. The fraction of sp³-hybridized carbons (Fsp3) is 0.0645. The van der Waals surface area contributed by atoms with E-state index in [1.807, 2.05) is 60.7 Å². The van der Waals surface area contributed by atoms with Gasteiger partial charge in [0.1, 0.15) is 16.9 Å². The minimum atomic E-state index is -0.121. The Balaban J connectivity index is 1.21. The molecule has 10 nitrogen and oxygen atoms in total. The molecule has 0 aliphatic rings. The first-order chi connectivity index (χ1) is 20.5. The number of carbonyl (C=O) groups is 2. The summed E-state index contributed by atoms with van der Waals surface area (Å²) in [5.41, 5.74) is 6.56. The summed E-state index contributed by atoms with van der Waals surface area (Å²) in [5, 5.41) is 11.2. The molecule has 0 bridgehead atoms. The number of Topliss-reactive ketones (excluding diaryl/α,β-unsaturated/α-hetero) is 1. The maximum Gasteiger partial charge on any atom is 0.228 e. The van der Waals surface area contributed by atoms with Gasteiger partial charge in [0.15, 0.2) is 17.3 Å². The number of aromatic amines is 2. The minimum Gasteiger partial charge on any atom is -0.337 e. The van der Waals surface area contributed by atoms with E-state index in [0.717, 1.165) is 32.5 Å². The second kappa shape index (κ2) is 10.5. The van der Waals surface area contributed by atoms with Crippen LogP contribution in [-0.2, 0) is 11.2 Å². The van der Waals surface area contributed by atoms with Crippen molar-refractivity contribution in [1.29, 1.82) is 0 Å². The fourth-order valence-corrected chi connectivity index (χ4v) is 5.68. The standard InChI is InChI=1S/C31H22N8O2S/c1-17(40)24-7-8-25(42-24)29-28-23(9-10-33-29)36-31(37-28)27-22-13-20(15-34-30(22)39-38-27)19-12-21(16-32-14-19)35-26(41)11-18-5-3-2-4-6-18/h2-10,12-16H,11H2,1H3,(H,35,41)(H,36,37)(H,34,38,39). The number of nitrogens with zero attached hydrogens (tertiary/aromatic N) is 5. The molecule has 0 radical (unpaired) electrons. The van der Waals surface area contributed by atoms with Crippen molar-refractivity contribution in [2.75, 3.05) is 5.32 Å². The minimum absolute atomic E-state index is 0.0173. The molecule has 3 N–H and O–H groups in total. The molecule has 1 aromatic carbocycles. The third-order valence-electron chi connectivity index (χ3n) is 6.80. The Bertz CT molecular complexity index is 2110. The molecule has 7 rings (SSSR count). The number of rotatable bonds is 7. The van der Waals surface area contributed by atoms with E-state index in [-0.39, 0.29) is 18.1 Å². The molecule has 0 spiro atoms. The summed E-state index contributed by atoms with van der Waals surface area (Å²) in [5.74, 6) is 0.484. The van der Waals surface area contributed by atoms with Crippen molar-refractivity contribution < 1.29 is 9.59 Å². The van der Waals surface area contributed by atoms with Crippen LogP contribution in [0, 0.1) is 0 Å². The lowest BCUT2D eigenvalue weighted by molar-refractivity contribution is -0.115. The Hall–Kier alpha value is -5.55. The number of thiophene rings is 1. The van der Waals surface area contributed by atoms with Crippen LogP contribution in [0.25, 0.3) is 55.3 Å². The molecule has 0 saturated heterocycles. The number of carbonyl (C=O) groups excluding carboxylic acids is 2. The molecular formula is C31H22N8O2S. The van der Waals surface area contributed by atoms with Crippen molar-refractivity contribution in [2.24, 2.45) is 0 Å². The van der Waals surface area contributed by atoms with E-state index in [9.17, 15) is 9.59 Å². The molecule has 0 unspecified atom stereocenters. The molecule has 204 valence electrons. The van der Waals surface area contributed by atoms with Gasteiger partial charge in [-0.1, -0.05) is 30.3 Å². The first-order valence-electron chi connectivity index (χ1n) is 13.1. The second-order valence-corrected chi connectivity index (χ2v) is 10.8. The number of fused-ring (bicyclic) bond motifs is 2. The van der Waals surface area contributed by atoms with Crippen LogP contribution >= 0.6 is 11.3 Å². The van der Waals surface area contributed by atoms with E-state index in [4.69, 9.17) is 4.98 Å². The zero-order chi connectivity index (χ0) is 28.6. The highest BCUT2D eigenvalue weighted by Gasteiger charge is 2.18. The van der Waals surface area contributed by atoms with E-state index < -0.39 is 0 Å². The second-order valence-electron chi connectivity index (χ2n) is 9.73. The van der Waals surface area contributed by atoms with Gasteiger partial charge in [0, 0.05) is 29.7 Å². The smallest absolute Gasteiger partial charge is 0.228 e. The van der Waals surface area contributed by atoms with Crippen LogP contribution in [-0.4, -0.2) is 46.8 Å². The lowest BCUT2D eigenvalue weighted by Gasteiger charge is -2.07. The summed E-state index contributed by atoms with van der Waals surface area (Å²) in [4.78, 5) is 47.6. The van der Waals surface area contributed by atoms with Crippen LogP contribution in [0.3, 0.4) is 0 Å². The van der Waals surface area contributed by atoms with Crippen LogP contribution < -0.4 is 5.32 Å². The number of hydrogen-bond donors (Lipinski definition) is 3. The monoisotopic (exact) mass is 570 g/mol. The number of nitrogens with one attached hydrogen (secondary N) is 3. The quantitative estimate of drug-likeness (QED) is 0.197. The molecule has 7 aromatic rings. The van der Waals surface area contributed by atoms with Gasteiger partial charge in [-0.3, -0.25) is 24.7 Å². The van der Waals surface area contributed by atoms with Crippen LogP contribution in [0.15, 0.2) is 85.5 Å². The number of anilines is 1. The highest BCUT2D eigenvalue weighted by molar-refractivity contribution is 7.17. The maximum absolute atomic E-state index is 12.6. The lowest BCUT2D eigenvalue weighted by atomic mass is 10.1. The third-order valence-corrected chi connectivity index (χ3v) is 7.99. The Morgan fingerprint density at radius 1 is 0.952 bits per heavy atom. The van der Waals surface area contributed by atoms with Crippen LogP contribution in [0.1, 0.15) is 22.2 Å². The predicted molar refractivity (Wildman–Crippen MR) is 162 cm³/mol. The largest absolute Gasteiger partial charge is 0.337 e. The topological polar surface area (TPSA) is 142 Å². The predicted octanol–water partition coefficient (Wildman–Crippen LogP) is 6.07. The number of imidazole rings is 1. The Kier molecular flexibility index (Phi) is 6.32. The van der Waals surface area contributed by atoms with Gasteiger partial charge in [0.25, 0.3) is 0 Å². The molecule has 42 heavy (non-hydrogen) atoms. The Morgan fingerprint density at radius 3 is 2.64 bits per heavy atom. The number of pyridine rings is 3. The molecule has 0 atom stereocenters. The van der Waals surface area contributed by atoms with Crippen LogP contribution in [0.5, 0.6) is 0 Å². The maximum atomic E-state index is 12.6. The molecule has 0 aliphatic heterocycles. The first kappa shape index (κ1) is 25.4. The van der Waals surface area contributed by atoms with Gasteiger partial charge in [0.2, 0.25) is 5.91 Å². The Morgan fingerprint density at radius 2 is 1.81 bits per heavy atom. The highest BCUT2D eigenvalue weighted by atomic mass is 32.1. The van der Waals surface area contributed by atoms with E-state index in [0.29, 0.717) is 38.9 Å². The van der Waals surface area contributed by atoms with E-state index in [1.165, 1.54) is 11.3 Å². The number of H-pyrrole nitrogens is 2. The molecule has 0 aliphatic carbocycles. The molecule has 11 heteroatoms. The van der Waals surface area contributed by atoms with E-state index in [1.54, 1.807) is 31.7 Å². The van der Waals surface area contributed by atoms with Gasteiger partial charge in [-0.05, 0) is 42.8 Å². The summed E-state index contributed by atoms with van der Waals surface area (Å²) < 4.78 is 0. The number of ketones is 1. The lowest BCUT2D eigenvalue weighted by Crippen LogP contribution is -2.14. The zero-order valence-electron chi connectivity index (χ0n) is 22.3. The highest BCUT2D eigenvalue weighted by Crippen LogP contribution is 2.34. The summed E-state index contributed by atoms with van der Waals surface area (Å²) >= 11 is 1.39. The third kappa shape index (κ3) is 4.82. The van der Waals surface area contributed by atoms with Gasteiger partial charge < -0.3 is 10.3 Å². The average molecular weight is 571 g/mol. The van der Waals surface area contributed by atoms with Crippen molar-refractivity contribution >= 4 is 50.8 Å². The van der Waals surface area contributed by atoms with Crippen molar-refractivity contribution in [3.63, 3.8) is 0 Å². The van der Waals surface area contributed by atoms with Gasteiger partial charge in [-0.2, -0.15) is 5.10 Å². The first-order valence-corrected chi connectivity index (χ1v) is 13.9. The van der Waals surface area contributed by atoms with Crippen molar-refractivity contribution in [3.05, 3.63) is 95.9 Å². The fourth-order valence-electron chi connectivity index (χ4n) is 4.78. The number of benzene rings is 1. The number of aromatic nitrogens is 7. The van der Waals surface area contributed by atoms with Gasteiger partial charge in [-0.25, -0.2) is 9.97 Å². The van der Waals surface area contributed by atoms with Gasteiger partial charge >= 0.3 is 0 Å². The molecule has 0 fully saturated rings. The number of hydrogen-bond acceptors (Lipinski definition) is 8. The Labute approximate surface area is 242 Å². The van der Waals surface area contributed by atoms with Crippen LogP contribution in [0.2, 0.25) is 0 Å². The zero-order valence-corrected chi connectivity index (χ0v) is 23.1. The van der Waals surface area contributed by atoms with Crippen molar-refractivity contribution in [1.82, 2.24) is 35.1 Å². The van der Waals surface area contributed by atoms with Crippen LogP contribution in [0.4, 0.5) is 5.69 Å². The van der Waals surface area contributed by atoms with E-state index >= 15 is 0 Å². The summed E-state index contributed by atoms with van der Waals surface area (Å²) in [6.07, 6.45) is 7.06. The molecule has 0 saturated carbocycles.